The third-order valence-electron chi connectivity index (χ3n) is 4.09. The second-order valence-corrected chi connectivity index (χ2v) is 5.68. The second kappa shape index (κ2) is 5.36. The first-order valence-corrected chi connectivity index (χ1v) is 6.69. The van der Waals surface area contributed by atoms with E-state index in [1.54, 1.807) is 0 Å². The summed E-state index contributed by atoms with van der Waals surface area (Å²) in [5.41, 5.74) is -0.0316. The van der Waals surface area contributed by atoms with E-state index >= 15 is 0 Å². The number of ether oxygens (including phenoxy) is 1. The molecule has 0 radical (unpaired) electrons. The predicted molar refractivity (Wildman–Crippen MR) is 65.0 cm³/mol. The average molecular weight is 241 g/mol. The molecule has 1 saturated heterocycles. The molecule has 2 rings (SSSR count). The van der Waals surface area contributed by atoms with Gasteiger partial charge in [0.2, 0.25) is 0 Å². The van der Waals surface area contributed by atoms with Gasteiger partial charge in [0.05, 0.1) is 11.5 Å². The minimum absolute atomic E-state index is 0.0316. The van der Waals surface area contributed by atoms with Crippen molar-refractivity contribution in [1.29, 1.82) is 0 Å². The minimum atomic E-state index is -0.639. The van der Waals surface area contributed by atoms with Gasteiger partial charge in [0, 0.05) is 19.2 Å². The Hall–Kier alpha value is -0.610. The second-order valence-electron chi connectivity index (χ2n) is 5.68. The third kappa shape index (κ3) is 3.42. The smallest absolute Gasteiger partial charge is 0.306 e. The first kappa shape index (κ1) is 12.8. The number of carbonyl (C=O) groups is 1. The summed E-state index contributed by atoms with van der Waals surface area (Å²) in [6, 6.07) is 0.353. The van der Waals surface area contributed by atoms with Gasteiger partial charge in [-0.05, 0) is 39.0 Å². The van der Waals surface area contributed by atoms with Crippen LogP contribution in [-0.2, 0) is 9.53 Å². The summed E-state index contributed by atoms with van der Waals surface area (Å²) in [5, 5.41) is 12.5. The van der Waals surface area contributed by atoms with E-state index in [4.69, 9.17) is 9.84 Å². The zero-order chi connectivity index (χ0) is 12.3. The van der Waals surface area contributed by atoms with E-state index < -0.39 is 5.97 Å². The van der Waals surface area contributed by atoms with Crippen molar-refractivity contribution in [2.75, 3.05) is 13.2 Å². The molecule has 0 aromatic carbocycles. The molecule has 98 valence electrons. The van der Waals surface area contributed by atoms with Crippen molar-refractivity contribution in [2.45, 2.75) is 57.1 Å². The standard InChI is InChI=1S/C13H23NO3/c1-13(6-3-7-17-13)9-14-11-5-2-4-10(8-11)12(15)16/h10-11,14H,2-9H2,1H3,(H,15,16). The number of aliphatic carboxylic acids is 1. The van der Waals surface area contributed by atoms with Gasteiger partial charge in [-0.25, -0.2) is 0 Å². The zero-order valence-electron chi connectivity index (χ0n) is 10.6. The van der Waals surface area contributed by atoms with E-state index in [1.807, 2.05) is 0 Å². The Balaban J connectivity index is 1.77. The van der Waals surface area contributed by atoms with E-state index in [2.05, 4.69) is 12.2 Å². The van der Waals surface area contributed by atoms with Crippen molar-refractivity contribution in [3.8, 4) is 0 Å². The van der Waals surface area contributed by atoms with Gasteiger partial charge in [-0.1, -0.05) is 6.42 Å². The highest BCUT2D eigenvalue weighted by Crippen LogP contribution is 2.27. The van der Waals surface area contributed by atoms with Gasteiger partial charge in [-0.3, -0.25) is 4.79 Å². The van der Waals surface area contributed by atoms with Gasteiger partial charge in [-0.2, -0.15) is 0 Å². The van der Waals surface area contributed by atoms with Crippen molar-refractivity contribution in [3.05, 3.63) is 0 Å². The number of carboxylic acids is 1. The van der Waals surface area contributed by atoms with E-state index in [1.165, 1.54) is 0 Å². The lowest BCUT2D eigenvalue weighted by Crippen LogP contribution is -2.44. The Labute approximate surface area is 103 Å². The molecule has 1 saturated carbocycles. The van der Waals surface area contributed by atoms with Crippen LogP contribution in [-0.4, -0.2) is 35.9 Å². The number of carboxylic acid groups (broad SMARTS) is 1. The quantitative estimate of drug-likeness (QED) is 0.788. The van der Waals surface area contributed by atoms with E-state index in [0.717, 1.165) is 51.7 Å². The average Bonchev–Trinajstić information content (AvgIpc) is 2.75. The van der Waals surface area contributed by atoms with Gasteiger partial charge >= 0.3 is 5.97 Å². The first-order valence-electron chi connectivity index (χ1n) is 6.69. The van der Waals surface area contributed by atoms with Crippen LogP contribution in [0.25, 0.3) is 0 Å². The van der Waals surface area contributed by atoms with Crippen LogP contribution in [0.15, 0.2) is 0 Å². The molecule has 1 heterocycles. The Morgan fingerprint density at radius 3 is 2.94 bits per heavy atom. The lowest BCUT2D eigenvalue weighted by Gasteiger charge is -2.31. The molecule has 2 N–H and O–H groups in total. The molecular formula is C13H23NO3. The molecule has 17 heavy (non-hydrogen) atoms. The van der Waals surface area contributed by atoms with E-state index in [-0.39, 0.29) is 11.5 Å². The van der Waals surface area contributed by atoms with Crippen LogP contribution >= 0.6 is 0 Å². The Morgan fingerprint density at radius 1 is 1.47 bits per heavy atom. The Morgan fingerprint density at radius 2 is 2.29 bits per heavy atom. The maximum absolute atomic E-state index is 11.0. The Kier molecular flexibility index (Phi) is 4.05. The first-order chi connectivity index (χ1) is 8.09. The summed E-state index contributed by atoms with van der Waals surface area (Å²) in [5.74, 6) is -0.793. The van der Waals surface area contributed by atoms with Gasteiger partial charge in [0.15, 0.2) is 0 Å². The van der Waals surface area contributed by atoms with Crippen molar-refractivity contribution < 1.29 is 14.6 Å². The largest absolute Gasteiger partial charge is 0.481 e. The van der Waals surface area contributed by atoms with Crippen molar-refractivity contribution in [3.63, 3.8) is 0 Å². The van der Waals surface area contributed by atoms with Crippen LogP contribution in [0, 0.1) is 5.92 Å². The maximum Gasteiger partial charge on any atom is 0.306 e. The molecule has 0 aromatic heterocycles. The minimum Gasteiger partial charge on any atom is -0.481 e. The van der Waals surface area contributed by atoms with Crippen LogP contribution in [0.4, 0.5) is 0 Å². The highest BCUT2D eigenvalue weighted by atomic mass is 16.5. The molecule has 0 amide bonds. The van der Waals surface area contributed by atoms with Crippen LogP contribution in [0.5, 0.6) is 0 Å². The van der Waals surface area contributed by atoms with E-state index in [9.17, 15) is 4.79 Å². The fourth-order valence-electron chi connectivity index (χ4n) is 2.94. The number of nitrogens with one attached hydrogen (secondary N) is 1. The van der Waals surface area contributed by atoms with Crippen LogP contribution in [0.2, 0.25) is 0 Å². The molecule has 4 nitrogen and oxygen atoms in total. The fraction of sp³-hybridized carbons (Fsp3) is 0.923. The van der Waals surface area contributed by atoms with Crippen LogP contribution < -0.4 is 5.32 Å². The van der Waals surface area contributed by atoms with Crippen LogP contribution in [0.3, 0.4) is 0 Å². The van der Waals surface area contributed by atoms with Gasteiger partial charge in [0.25, 0.3) is 0 Å². The predicted octanol–water partition coefficient (Wildman–Crippen LogP) is 1.79. The molecule has 0 aromatic rings. The Bertz CT molecular complexity index is 274. The summed E-state index contributed by atoms with van der Waals surface area (Å²) in [4.78, 5) is 11.0. The van der Waals surface area contributed by atoms with Gasteiger partial charge in [0.1, 0.15) is 0 Å². The van der Waals surface area contributed by atoms with E-state index in [0.29, 0.717) is 6.04 Å². The molecule has 2 fully saturated rings. The molecule has 4 heteroatoms. The molecule has 2 aliphatic rings. The molecule has 1 aliphatic heterocycles. The molecule has 0 bridgehead atoms. The monoisotopic (exact) mass is 241 g/mol. The maximum atomic E-state index is 11.0. The summed E-state index contributed by atoms with van der Waals surface area (Å²) in [6.45, 7) is 3.86. The topological polar surface area (TPSA) is 58.6 Å². The summed E-state index contributed by atoms with van der Waals surface area (Å²) in [7, 11) is 0. The summed E-state index contributed by atoms with van der Waals surface area (Å²) in [6.07, 6.45) is 5.97. The lowest BCUT2D eigenvalue weighted by atomic mass is 9.85. The zero-order valence-corrected chi connectivity index (χ0v) is 10.6. The lowest BCUT2D eigenvalue weighted by molar-refractivity contribution is -0.143. The SMILES string of the molecule is CC1(CNC2CCCC(C(=O)O)C2)CCCO1. The summed E-state index contributed by atoms with van der Waals surface area (Å²) < 4.78 is 5.73. The summed E-state index contributed by atoms with van der Waals surface area (Å²) >= 11 is 0. The molecule has 1 aliphatic carbocycles. The number of hydrogen-bond acceptors (Lipinski definition) is 3. The van der Waals surface area contributed by atoms with Crippen molar-refractivity contribution >= 4 is 5.97 Å². The molecule has 3 unspecified atom stereocenters. The normalized spacial score (nSPS) is 38.2. The fourth-order valence-corrected chi connectivity index (χ4v) is 2.94. The number of hydrogen-bond donors (Lipinski definition) is 2. The molecular weight excluding hydrogens is 218 g/mol. The highest BCUT2D eigenvalue weighted by Gasteiger charge is 2.32. The highest BCUT2D eigenvalue weighted by molar-refractivity contribution is 5.70. The molecule has 0 spiro atoms. The third-order valence-corrected chi connectivity index (χ3v) is 4.09. The van der Waals surface area contributed by atoms with Crippen molar-refractivity contribution in [1.82, 2.24) is 5.32 Å². The van der Waals surface area contributed by atoms with Crippen LogP contribution in [0.1, 0.15) is 45.4 Å². The van der Waals surface area contributed by atoms with Gasteiger partial charge < -0.3 is 15.2 Å². The molecule has 3 atom stereocenters. The number of rotatable bonds is 4. The van der Waals surface area contributed by atoms with Crippen molar-refractivity contribution in [2.24, 2.45) is 5.92 Å². The van der Waals surface area contributed by atoms with Gasteiger partial charge in [-0.15, -0.1) is 0 Å².